The van der Waals surface area contributed by atoms with Crippen LogP contribution >= 0.6 is 11.8 Å². The monoisotopic (exact) mass is 414 g/mol. The Morgan fingerprint density at radius 3 is 2.37 bits per heavy atom. The summed E-state index contributed by atoms with van der Waals surface area (Å²) in [7, 11) is 0. The summed E-state index contributed by atoms with van der Waals surface area (Å²) in [5, 5.41) is 3.97. The molecule has 0 radical (unpaired) electrons. The molecule has 0 saturated heterocycles. The number of nitrogens with zero attached hydrogens (tertiary/aromatic N) is 3. The van der Waals surface area contributed by atoms with Gasteiger partial charge in [-0.3, -0.25) is 4.98 Å². The van der Waals surface area contributed by atoms with E-state index in [1.807, 2.05) is 54.8 Å². The van der Waals surface area contributed by atoms with Gasteiger partial charge in [0, 0.05) is 29.7 Å². The van der Waals surface area contributed by atoms with Crippen LogP contribution in [0.25, 0.3) is 11.3 Å². The zero-order chi connectivity index (χ0) is 20.8. The molecule has 6 nitrogen and oxygen atoms in total. The molecule has 0 aliphatic heterocycles. The number of ether oxygens (including phenoxy) is 1. The number of anilines is 2. The minimum atomic E-state index is -0.425. The molecule has 0 bridgehead atoms. The Bertz CT molecular complexity index is 1140. The predicted octanol–water partition coefficient (Wildman–Crippen LogP) is 5.22. The summed E-state index contributed by atoms with van der Waals surface area (Å²) in [4.78, 5) is 25.2. The van der Waals surface area contributed by atoms with E-state index in [-0.39, 0.29) is 0 Å². The lowest BCUT2D eigenvalue weighted by molar-refractivity contribution is 0.0734. The molecule has 148 valence electrons. The van der Waals surface area contributed by atoms with Crippen LogP contribution in [0.2, 0.25) is 0 Å². The van der Waals surface area contributed by atoms with E-state index in [1.165, 1.54) is 11.8 Å². The van der Waals surface area contributed by atoms with Gasteiger partial charge < -0.3 is 10.1 Å². The Balaban J connectivity index is 1.50. The van der Waals surface area contributed by atoms with E-state index >= 15 is 0 Å². The SMILES string of the molecule is CSc1nc(Nc2ccc(OC(=O)c3ccncc3)cc2)cc(-c2ccccc2)n1. The molecule has 0 atom stereocenters. The highest BCUT2D eigenvalue weighted by Crippen LogP contribution is 2.25. The standard InChI is InChI=1S/C23H18N4O2S/c1-30-23-26-20(16-5-3-2-4-6-16)15-21(27-23)25-18-7-9-19(10-8-18)29-22(28)17-11-13-24-14-12-17/h2-15H,1H3,(H,25,26,27). The quantitative estimate of drug-likeness (QED) is 0.200. The zero-order valence-electron chi connectivity index (χ0n) is 16.1. The molecule has 30 heavy (non-hydrogen) atoms. The van der Waals surface area contributed by atoms with Crippen molar-refractivity contribution in [3.05, 3.63) is 90.8 Å². The van der Waals surface area contributed by atoms with Crippen LogP contribution in [0.3, 0.4) is 0 Å². The molecule has 0 aliphatic carbocycles. The fourth-order valence-electron chi connectivity index (χ4n) is 2.75. The fraction of sp³-hybridized carbons (Fsp3) is 0.0435. The van der Waals surface area contributed by atoms with Gasteiger partial charge in [0.05, 0.1) is 11.3 Å². The molecular formula is C23H18N4O2S. The highest BCUT2D eigenvalue weighted by atomic mass is 32.2. The zero-order valence-corrected chi connectivity index (χ0v) is 17.0. The predicted molar refractivity (Wildman–Crippen MR) is 118 cm³/mol. The molecule has 0 aliphatic rings. The topological polar surface area (TPSA) is 77.0 Å². The second kappa shape index (κ2) is 9.19. The third-order valence-corrected chi connectivity index (χ3v) is 4.76. The Morgan fingerprint density at radius 2 is 1.67 bits per heavy atom. The van der Waals surface area contributed by atoms with Crippen LogP contribution in [0, 0.1) is 0 Å². The first-order valence-corrected chi connectivity index (χ1v) is 10.4. The number of carbonyl (C=O) groups is 1. The first-order chi connectivity index (χ1) is 14.7. The van der Waals surface area contributed by atoms with Crippen LogP contribution in [-0.2, 0) is 0 Å². The molecule has 0 unspecified atom stereocenters. The highest BCUT2D eigenvalue weighted by Gasteiger charge is 2.09. The normalized spacial score (nSPS) is 10.4. The number of esters is 1. The number of benzene rings is 2. The smallest absolute Gasteiger partial charge is 0.343 e. The van der Waals surface area contributed by atoms with Gasteiger partial charge in [-0.1, -0.05) is 42.1 Å². The van der Waals surface area contributed by atoms with E-state index in [2.05, 4.69) is 20.3 Å². The van der Waals surface area contributed by atoms with Crippen LogP contribution in [0.5, 0.6) is 5.75 Å². The first-order valence-electron chi connectivity index (χ1n) is 9.19. The lowest BCUT2D eigenvalue weighted by Crippen LogP contribution is -2.08. The minimum absolute atomic E-state index is 0.425. The summed E-state index contributed by atoms with van der Waals surface area (Å²) in [5.41, 5.74) is 3.15. The maximum absolute atomic E-state index is 12.1. The van der Waals surface area contributed by atoms with E-state index in [0.717, 1.165) is 16.9 Å². The van der Waals surface area contributed by atoms with Crippen molar-refractivity contribution in [2.75, 3.05) is 11.6 Å². The van der Waals surface area contributed by atoms with Crippen molar-refractivity contribution in [1.29, 1.82) is 0 Å². The van der Waals surface area contributed by atoms with Crippen molar-refractivity contribution in [3.63, 3.8) is 0 Å². The number of carbonyl (C=O) groups excluding carboxylic acids is 1. The van der Waals surface area contributed by atoms with Crippen molar-refractivity contribution < 1.29 is 9.53 Å². The van der Waals surface area contributed by atoms with Gasteiger partial charge in [0.2, 0.25) is 0 Å². The Kier molecular flexibility index (Phi) is 6.01. The number of hydrogen-bond acceptors (Lipinski definition) is 7. The van der Waals surface area contributed by atoms with E-state index in [0.29, 0.717) is 22.3 Å². The van der Waals surface area contributed by atoms with Gasteiger partial charge in [0.15, 0.2) is 5.16 Å². The second-order valence-electron chi connectivity index (χ2n) is 6.27. The molecule has 4 rings (SSSR count). The molecule has 0 saturated carbocycles. The van der Waals surface area contributed by atoms with Crippen molar-refractivity contribution in [1.82, 2.24) is 15.0 Å². The molecule has 0 fully saturated rings. The minimum Gasteiger partial charge on any atom is -0.423 e. The lowest BCUT2D eigenvalue weighted by Gasteiger charge is -2.10. The van der Waals surface area contributed by atoms with E-state index in [9.17, 15) is 4.79 Å². The van der Waals surface area contributed by atoms with Gasteiger partial charge in [-0.05, 0) is 42.7 Å². The third kappa shape index (κ3) is 4.82. The number of hydrogen-bond donors (Lipinski definition) is 1. The van der Waals surface area contributed by atoms with Crippen LogP contribution < -0.4 is 10.1 Å². The summed E-state index contributed by atoms with van der Waals surface area (Å²) in [6.45, 7) is 0. The van der Waals surface area contributed by atoms with Crippen LogP contribution in [0.4, 0.5) is 11.5 Å². The van der Waals surface area contributed by atoms with Gasteiger partial charge in [-0.15, -0.1) is 0 Å². The van der Waals surface area contributed by atoms with E-state index < -0.39 is 5.97 Å². The average Bonchev–Trinajstić information content (AvgIpc) is 2.81. The molecule has 1 N–H and O–H groups in total. The van der Waals surface area contributed by atoms with E-state index in [1.54, 1.807) is 36.7 Å². The van der Waals surface area contributed by atoms with Crippen LogP contribution in [0.1, 0.15) is 10.4 Å². The largest absolute Gasteiger partial charge is 0.423 e. The fourth-order valence-corrected chi connectivity index (χ4v) is 3.12. The Hall–Kier alpha value is -3.71. The highest BCUT2D eigenvalue weighted by molar-refractivity contribution is 7.98. The maximum Gasteiger partial charge on any atom is 0.343 e. The first kappa shape index (κ1) is 19.6. The van der Waals surface area contributed by atoms with Crippen molar-refractivity contribution in [3.8, 4) is 17.0 Å². The Labute approximate surface area is 178 Å². The third-order valence-electron chi connectivity index (χ3n) is 4.21. The number of thioether (sulfide) groups is 1. The van der Waals surface area contributed by atoms with Gasteiger partial charge in [-0.2, -0.15) is 0 Å². The van der Waals surface area contributed by atoms with Gasteiger partial charge in [-0.25, -0.2) is 14.8 Å². The van der Waals surface area contributed by atoms with Gasteiger partial charge in [0.25, 0.3) is 0 Å². The van der Waals surface area contributed by atoms with Gasteiger partial charge in [0.1, 0.15) is 11.6 Å². The lowest BCUT2D eigenvalue weighted by atomic mass is 10.1. The number of rotatable bonds is 6. The summed E-state index contributed by atoms with van der Waals surface area (Å²) in [5.74, 6) is 0.723. The summed E-state index contributed by atoms with van der Waals surface area (Å²) in [6, 6.07) is 22.2. The summed E-state index contributed by atoms with van der Waals surface area (Å²) in [6.07, 6.45) is 5.05. The molecule has 2 aromatic carbocycles. The van der Waals surface area contributed by atoms with Crippen molar-refractivity contribution in [2.24, 2.45) is 0 Å². The molecule has 2 aromatic heterocycles. The molecule has 4 aromatic rings. The van der Waals surface area contributed by atoms with E-state index in [4.69, 9.17) is 4.74 Å². The van der Waals surface area contributed by atoms with Crippen LogP contribution in [0.15, 0.2) is 90.3 Å². The van der Waals surface area contributed by atoms with Gasteiger partial charge >= 0.3 is 5.97 Å². The van der Waals surface area contributed by atoms with Crippen molar-refractivity contribution >= 4 is 29.2 Å². The maximum atomic E-state index is 12.1. The second-order valence-corrected chi connectivity index (χ2v) is 7.04. The molecule has 7 heteroatoms. The molecule has 0 spiro atoms. The molecule has 2 heterocycles. The summed E-state index contributed by atoms with van der Waals surface area (Å²) >= 11 is 1.49. The average molecular weight is 414 g/mol. The number of nitrogens with one attached hydrogen (secondary N) is 1. The van der Waals surface area contributed by atoms with Crippen LogP contribution in [-0.4, -0.2) is 27.2 Å². The summed E-state index contributed by atoms with van der Waals surface area (Å²) < 4.78 is 5.40. The molecular weight excluding hydrogens is 396 g/mol. The number of pyridine rings is 1. The molecule has 0 amide bonds. The number of aromatic nitrogens is 3. The van der Waals surface area contributed by atoms with Crippen molar-refractivity contribution in [2.45, 2.75) is 5.16 Å². The Morgan fingerprint density at radius 1 is 0.933 bits per heavy atom.